The summed E-state index contributed by atoms with van der Waals surface area (Å²) >= 11 is 1.28. The molecular weight excluding hydrogens is 358 g/mol. The van der Waals surface area contributed by atoms with Gasteiger partial charge in [-0.2, -0.15) is 0 Å². The molecule has 1 aromatic heterocycles. The van der Waals surface area contributed by atoms with Gasteiger partial charge in [0.25, 0.3) is 5.22 Å². The summed E-state index contributed by atoms with van der Waals surface area (Å²) in [6.07, 6.45) is 2.24. The topological polar surface area (TPSA) is 68.0 Å². The molecule has 138 valence electrons. The number of benzene rings is 2. The number of rotatable bonds is 7. The van der Waals surface area contributed by atoms with Crippen LogP contribution in [0.1, 0.15) is 43.2 Å². The van der Waals surface area contributed by atoms with Gasteiger partial charge in [-0.25, -0.2) is 0 Å². The van der Waals surface area contributed by atoms with Crippen molar-refractivity contribution in [2.45, 2.75) is 36.9 Å². The standard InChI is InChI=1S/C21H21N3O2S/c1-14(15-7-9-17(10-8-15)16-5-3-2-4-6-16)22-19(25)13-27-21-24-23-20(26-21)18-11-12-18/h2-10,14,18H,11-13H2,1H3,(H,22,25)/t14-/m0/s1. The first-order valence-corrected chi connectivity index (χ1v) is 10.1. The molecule has 1 heterocycles. The van der Waals surface area contributed by atoms with Crippen LogP contribution in [0.5, 0.6) is 0 Å². The Morgan fingerprint density at radius 2 is 1.81 bits per heavy atom. The summed E-state index contributed by atoms with van der Waals surface area (Å²) < 4.78 is 5.56. The van der Waals surface area contributed by atoms with Crippen LogP contribution in [0.25, 0.3) is 11.1 Å². The molecular formula is C21H21N3O2S. The molecule has 5 nitrogen and oxygen atoms in total. The number of nitrogens with zero attached hydrogens (tertiary/aromatic N) is 2. The number of amides is 1. The highest BCUT2D eigenvalue weighted by Crippen LogP contribution is 2.39. The third-order valence-corrected chi connectivity index (χ3v) is 5.39. The summed E-state index contributed by atoms with van der Waals surface area (Å²) in [6.45, 7) is 1.98. The SMILES string of the molecule is C[C@H](NC(=O)CSc1nnc(C2CC2)o1)c1ccc(-c2ccccc2)cc1. The molecule has 1 fully saturated rings. The maximum atomic E-state index is 12.2. The maximum Gasteiger partial charge on any atom is 0.277 e. The number of thioether (sulfide) groups is 1. The number of nitrogens with one attached hydrogen (secondary N) is 1. The third kappa shape index (κ3) is 4.57. The number of carbonyl (C=O) groups is 1. The van der Waals surface area contributed by atoms with Crippen LogP contribution in [-0.2, 0) is 4.79 Å². The van der Waals surface area contributed by atoms with Gasteiger partial charge in [0.2, 0.25) is 11.8 Å². The van der Waals surface area contributed by atoms with Gasteiger partial charge in [0.1, 0.15) is 0 Å². The van der Waals surface area contributed by atoms with E-state index in [9.17, 15) is 4.79 Å². The molecule has 1 aliphatic rings. The monoisotopic (exact) mass is 379 g/mol. The number of carbonyl (C=O) groups excluding carboxylic acids is 1. The second-order valence-electron chi connectivity index (χ2n) is 6.75. The average Bonchev–Trinajstić information content (AvgIpc) is 3.45. The molecule has 1 N–H and O–H groups in total. The molecule has 1 atom stereocenters. The lowest BCUT2D eigenvalue weighted by Gasteiger charge is -2.14. The van der Waals surface area contributed by atoms with Crippen LogP contribution in [0.15, 0.2) is 64.2 Å². The molecule has 0 radical (unpaired) electrons. The minimum atomic E-state index is -0.0624. The second kappa shape index (κ2) is 7.96. The first-order valence-electron chi connectivity index (χ1n) is 9.10. The van der Waals surface area contributed by atoms with Crippen LogP contribution in [0, 0.1) is 0 Å². The summed E-state index contributed by atoms with van der Waals surface area (Å²) in [5, 5.41) is 11.5. The summed E-state index contributed by atoms with van der Waals surface area (Å²) in [4.78, 5) is 12.2. The van der Waals surface area contributed by atoms with E-state index in [2.05, 4.69) is 51.9 Å². The summed E-state index contributed by atoms with van der Waals surface area (Å²) in [7, 11) is 0. The van der Waals surface area contributed by atoms with Crippen molar-refractivity contribution in [1.29, 1.82) is 0 Å². The van der Waals surface area contributed by atoms with Crippen molar-refractivity contribution < 1.29 is 9.21 Å². The van der Waals surface area contributed by atoms with E-state index >= 15 is 0 Å². The normalized spacial score (nSPS) is 14.7. The van der Waals surface area contributed by atoms with Gasteiger partial charge in [-0.05, 0) is 36.5 Å². The van der Waals surface area contributed by atoms with Crippen molar-refractivity contribution in [1.82, 2.24) is 15.5 Å². The first-order chi connectivity index (χ1) is 13.2. The van der Waals surface area contributed by atoms with E-state index in [1.54, 1.807) is 0 Å². The lowest BCUT2D eigenvalue weighted by molar-refractivity contribution is -0.119. The highest BCUT2D eigenvalue weighted by molar-refractivity contribution is 7.99. The summed E-state index contributed by atoms with van der Waals surface area (Å²) in [5.41, 5.74) is 3.42. The van der Waals surface area contributed by atoms with E-state index in [0.717, 1.165) is 24.0 Å². The van der Waals surface area contributed by atoms with Gasteiger partial charge < -0.3 is 9.73 Å². The van der Waals surface area contributed by atoms with Crippen LogP contribution in [-0.4, -0.2) is 21.9 Å². The fourth-order valence-electron chi connectivity index (χ4n) is 2.86. The molecule has 1 saturated carbocycles. The van der Waals surface area contributed by atoms with E-state index < -0.39 is 0 Å². The Hall–Kier alpha value is -2.60. The average molecular weight is 379 g/mol. The van der Waals surface area contributed by atoms with Gasteiger partial charge in [-0.15, -0.1) is 10.2 Å². The van der Waals surface area contributed by atoms with Crippen LogP contribution in [0.4, 0.5) is 0 Å². The Morgan fingerprint density at radius 1 is 1.11 bits per heavy atom. The zero-order valence-electron chi connectivity index (χ0n) is 15.1. The van der Waals surface area contributed by atoms with Gasteiger partial charge >= 0.3 is 0 Å². The Labute approximate surface area is 162 Å². The van der Waals surface area contributed by atoms with Crippen LogP contribution in [0.3, 0.4) is 0 Å². The van der Waals surface area contributed by atoms with E-state index in [4.69, 9.17) is 4.42 Å². The minimum Gasteiger partial charge on any atom is -0.416 e. The molecule has 0 bridgehead atoms. The molecule has 0 unspecified atom stereocenters. The highest BCUT2D eigenvalue weighted by Gasteiger charge is 2.29. The Bertz CT molecular complexity index is 905. The molecule has 3 aromatic rings. The van der Waals surface area contributed by atoms with Gasteiger partial charge in [-0.3, -0.25) is 4.79 Å². The quantitative estimate of drug-likeness (QED) is 0.609. The molecule has 1 amide bonds. The first kappa shape index (κ1) is 17.8. The number of hydrogen-bond donors (Lipinski definition) is 1. The van der Waals surface area contributed by atoms with E-state index in [1.807, 2.05) is 25.1 Å². The minimum absolute atomic E-state index is 0.0502. The molecule has 27 heavy (non-hydrogen) atoms. The van der Waals surface area contributed by atoms with E-state index in [1.165, 1.54) is 17.3 Å². The molecule has 0 spiro atoms. The van der Waals surface area contributed by atoms with Crippen molar-refractivity contribution in [3.63, 3.8) is 0 Å². The zero-order valence-corrected chi connectivity index (χ0v) is 15.9. The van der Waals surface area contributed by atoms with Crippen LogP contribution in [0.2, 0.25) is 0 Å². The summed E-state index contributed by atoms with van der Waals surface area (Å²) in [6, 6.07) is 18.5. The Balaban J connectivity index is 1.29. The Kier molecular flexibility index (Phi) is 5.25. The van der Waals surface area contributed by atoms with Gasteiger partial charge in [0, 0.05) is 5.92 Å². The van der Waals surface area contributed by atoms with Gasteiger partial charge in [0.05, 0.1) is 11.8 Å². The number of aromatic nitrogens is 2. The van der Waals surface area contributed by atoms with Crippen molar-refractivity contribution in [3.8, 4) is 11.1 Å². The van der Waals surface area contributed by atoms with E-state index in [-0.39, 0.29) is 17.7 Å². The smallest absolute Gasteiger partial charge is 0.277 e. The largest absolute Gasteiger partial charge is 0.416 e. The zero-order chi connectivity index (χ0) is 18.6. The highest BCUT2D eigenvalue weighted by atomic mass is 32.2. The van der Waals surface area contributed by atoms with Crippen molar-refractivity contribution in [3.05, 3.63) is 66.1 Å². The lowest BCUT2D eigenvalue weighted by atomic mass is 10.0. The van der Waals surface area contributed by atoms with Crippen LogP contribution < -0.4 is 5.32 Å². The predicted octanol–water partition coefficient (Wildman–Crippen LogP) is 4.58. The lowest BCUT2D eigenvalue weighted by Crippen LogP contribution is -2.28. The predicted molar refractivity (Wildman–Crippen MR) is 105 cm³/mol. The fraction of sp³-hybridized carbons (Fsp3) is 0.286. The van der Waals surface area contributed by atoms with Crippen LogP contribution >= 0.6 is 11.8 Å². The number of hydrogen-bond acceptors (Lipinski definition) is 5. The third-order valence-electron chi connectivity index (χ3n) is 4.57. The molecule has 0 saturated heterocycles. The van der Waals surface area contributed by atoms with Gasteiger partial charge in [0.15, 0.2) is 0 Å². The fourth-order valence-corrected chi connectivity index (χ4v) is 3.44. The molecule has 4 rings (SSSR count). The molecule has 2 aromatic carbocycles. The van der Waals surface area contributed by atoms with Crippen molar-refractivity contribution in [2.24, 2.45) is 0 Å². The van der Waals surface area contributed by atoms with Crippen molar-refractivity contribution in [2.75, 3.05) is 5.75 Å². The van der Waals surface area contributed by atoms with E-state index in [0.29, 0.717) is 17.0 Å². The Morgan fingerprint density at radius 3 is 2.52 bits per heavy atom. The van der Waals surface area contributed by atoms with Crippen molar-refractivity contribution >= 4 is 17.7 Å². The van der Waals surface area contributed by atoms with Gasteiger partial charge in [-0.1, -0.05) is 66.4 Å². The molecule has 1 aliphatic carbocycles. The maximum absolute atomic E-state index is 12.2. The molecule has 6 heteroatoms. The second-order valence-corrected chi connectivity index (χ2v) is 7.67. The molecule has 0 aliphatic heterocycles. The summed E-state index contributed by atoms with van der Waals surface area (Å²) in [5.74, 6) is 1.34.